The Morgan fingerprint density at radius 3 is 2.63 bits per heavy atom. The van der Waals surface area contributed by atoms with Gasteiger partial charge >= 0.3 is 0 Å². The number of aryl methyl sites for hydroxylation is 2. The Labute approximate surface area is 164 Å². The first-order valence-corrected chi connectivity index (χ1v) is 10.6. The molecular formula is C20H26N6S. The van der Waals surface area contributed by atoms with Gasteiger partial charge in [-0.2, -0.15) is 0 Å². The predicted octanol–water partition coefficient (Wildman–Crippen LogP) is 3.55. The summed E-state index contributed by atoms with van der Waals surface area (Å²) in [5.74, 6) is 3.11. The van der Waals surface area contributed by atoms with Crippen molar-refractivity contribution in [2.45, 2.75) is 44.4 Å². The summed E-state index contributed by atoms with van der Waals surface area (Å²) in [4.78, 5) is 6.76. The van der Waals surface area contributed by atoms with Crippen LogP contribution in [0.25, 0.3) is 5.69 Å². The van der Waals surface area contributed by atoms with Crippen LogP contribution < -0.4 is 0 Å². The van der Waals surface area contributed by atoms with Crippen LogP contribution in [0.15, 0.2) is 47.9 Å². The molecule has 0 spiro atoms. The smallest absolute Gasteiger partial charge is 0.195 e. The van der Waals surface area contributed by atoms with Gasteiger partial charge in [0.25, 0.3) is 0 Å². The molecule has 1 aliphatic heterocycles. The molecule has 142 valence electrons. The molecule has 27 heavy (non-hydrogen) atoms. The highest BCUT2D eigenvalue weighted by Crippen LogP contribution is 2.24. The Morgan fingerprint density at radius 2 is 1.89 bits per heavy atom. The lowest BCUT2D eigenvalue weighted by molar-refractivity contribution is 0.319. The van der Waals surface area contributed by atoms with Crippen molar-refractivity contribution in [3.63, 3.8) is 0 Å². The first-order chi connectivity index (χ1) is 13.3. The Bertz CT molecular complexity index is 850. The number of nitrogens with zero attached hydrogens (tertiary/aromatic N) is 6. The molecule has 0 unspecified atom stereocenters. The molecule has 0 saturated carbocycles. The fourth-order valence-corrected chi connectivity index (χ4v) is 4.41. The minimum atomic E-state index is 0.872. The van der Waals surface area contributed by atoms with Crippen molar-refractivity contribution in [2.24, 2.45) is 0 Å². The van der Waals surface area contributed by atoms with Gasteiger partial charge in [0, 0.05) is 30.4 Å². The normalized spacial score (nSPS) is 14.9. The summed E-state index contributed by atoms with van der Waals surface area (Å²) in [6.45, 7) is 6.22. The molecule has 1 aromatic carbocycles. The molecule has 0 aliphatic carbocycles. The standard InChI is InChI=1S/C20H26N6S/c1-17-21-10-14-25(17)13-7-15-27-20-23-22-19(16-24-11-5-6-12-24)26(20)18-8-3-2-4-9-18/h2-4,8-10,14H,5-7,11-13,15-16H2,1H3. The molecule has 7 heteroatoms. The zero-order valence-corrected chi connectivity index (χ0v) is 16.6. The molecule has 0 amide bonds. The van der Waals surface area contributed by atoms with Gasteiger partial charge in [-0.3, -0.25) is 9.47 Å². The van der Waals surface area contributed by atoms with E-state index in [0.29, 0.717) is 0 Å². The van der Waals surface area contributed by atoms with Crippen molar-refractivity contribution in [3.8, 4) is 5.69 Å². The minimum Gasteiger partial charge on any atom is -0.335 e. The third-order valence-corrected chi connectivity index (χ3v) is 5.99. The molecule has 2 aromatic heterocycles. The fourth-order valence-electron chi connectivity index (χ4n) is 3.51. The summed E-state index contributed by atoms with van der Waals surface area (Å²) >= 11 is 1.79. The Morgan fingerprint density at radius 1 is 1.07 bits per heavy atom. The van der Waals surface area contributed by atoms with Crippen LogP contribution in [-0.4, -0.2) is 48.1 Å². The number of likely N-dealkylation sites (tertiary alicyclic amines) is 1. The number of imidazole rings is 1. The van der Waals surface area contributed by atoms with Crippen molar-refractivity contribution in [1.29, 1.82) is 0 Å². The number of aromatic nitrogens is 5. The molecular weight excluding hydrogens is 356 g/mol. The van der Waals surface area contributed by atoms with Crippen molar-refractivity contribution < 1.29 is 0 Å². The van der Waals surface area contributed by atoms with E-state index in [1.54, 1.807) is 11.8 Å². The van der Waals surface area contributed by atoms with Crippen molar-refractivity contribution in [3.05, 3.63) is 54.4 Å². The van der Waals surface area contributed by atoms with Gasteiger partial charge in [0.2, 0.25) is 0 Å². The van der Waals surface area contributed by atoms with Crippen molar-refractivity contribution in [2.75, 3.05) is 18.8 Å². The summed E-state index contributed by atoms with van der Waals surface area (Å²) < 4.78 is 4.42. The number of hydrogen-bond acceptors (Lipinski definition) is 5. The van der Waals surface area contributed by atoms with Gasteiger partial charge in [0.15, 0.2) is 11.0 Å². The average molecular weight is 383 g/mol. The van der Waals surface area contributed by atoms with Gasteiger partial charge in [0.05, 0.1) is 6.54 Å². The average Bonchev–Trinajstić information content (AvgIpc) is 3.43. The number of hydrogen-bond donors (Lipinski definition) is 0. The van der Waals surface area contributed by atoms with E-state index in [9.17, 15) is 0 Å². The number of thioether (sulfide) groups is 1. The molecule has 3 aromatic rings. The Kier molecular flexibility index (Phi) is 5.89. The molecule has 0 N–H and O–H groups in total. The zero-order valence-electron chi connectivity index (χ0n) is 15.8. The topological polar surface area (TPSA) is 51.8 Å². The maximum absolute atomic E-state index is 4.53. The largest absolute Gasteiger partial charge is 0.335 e. The Balaban J connectivity index is 1.46. The van der Waals surface area contributed by atoms with E-state index in [0.717, 1.165) is 60.8 Å². The second kappa shape index (κ2) is 8.71. The van der Waals surface area contributed by atoms with E-state index in [1.807, 2.05) is 25.4 Å². The molecule has 6 nitrogen and oxygen atoms in total. The van der Waals surface area contributed by atoms with E-state index in [4.69, 9.17) is 0 Å². The monoisotopic (exact) mass is 382 g/mol. The molecule has 1 aliphatic rings. The quantitative estimate of drug-likeness (QED) is 0.440. The van der Waals surface area contributed by atoms with Crippen molar-refractivity contribution >= 4 is 11.8 Å². The molecule has 1 saturated heterocycles. The van der Waals surface area contributed by atoms with Crippen LogP contribution in [0.2, 0.25) is 0 Å². The Hall–Kier alpha value is -2.12. The minimum absolute atomic E-state index is 0.872. The number of rotatable bonds is 8. The summed E-state index contributed by atoms with van der Waals surface area (Å²) in [7, 11) is 0. The second-order valence-corrected chi connectivity index (χ2v) is 7.98. The van der Waals surface area contributed by atoms with Gasteiger partial charge in [-0.15, -0.1) is 10.2 Å². The molecule has 0 atom stereocenters. The zero-order chi connectivity index (χ0) is 18.5. The summed E-state index contributed by atoms with van der Waals surface area (Å²) in [5.41, 5.74) is 1.14. The van der Waals surface area contributed by atoms with Crippen LogP contribution in [-0.2, 0) is 13.1 Å². The van der Waals surface area contributed by atoms with Crippen LogP contribution >= 0.6 is 11.8 Å². The predicted molar refractivity (Wildman–Crippen MR) is 108 cm³/mol. The maximum Gasteiger partial charge on any atom is 0.195 e. The lowest BCUT2D eigenvalue weighted by atomic mass is 10.3. The third kappa shape index (κ3) is 4.42. The van der Waals surface area contributed by atoms with E-state index in [2.05, 4.69) is 53.5 Å². The van der Waals surface area contributed by atoms with Crippen LogP contribution in [0.5, 0.6) is 0 Å². The first-order valence-electron chi connectivity index (χ1n) is 9.64. The summed E-state index contributed by atoms with van der Waals surface area (Å²) in [5, 5.41) is 10.0. The van der Waals surface area contributed by atoms with Gasteiger partial charge in [-0.05, 0) is 51.4 Å². The van der Waals surface area contributed by atoms with Gasteiger partial charge < -0.3 is 4.57 Å². The highest BCUT2D eigenvalue weighted by molar-refractivity contribution is 7.99. The van der Waals surface area contributed by atoms with E-state index in [1.165, 1.54) is 12.8 Å². The molecule has 1 fully saturated rings. The highest BCUT2D eigenvalue weighted by Gasteiger charge is 2.19. The molecule has 0 bridgehead atoms. The van der Waals surface area contributed by atoms with Gasteiger partial charge in [-0.1, -0.05) is 30.0 Å². The molecule has 0 radical (unpaired) electrons. The van der Waals surface area contributed by atoms with Gasteiger partial charge in [0.1, 0.15) is 5.82 Å². The second-order valence-electron chi connectivity index (χ2n) is 6.92. The first kappa shape index (κ1) is 18.3. The van der Waals surface area contributed by atoms with Crippen LogP contribution in [0.3, 0.4) is 0 Å². The maximum atomic E-state index is 4.53. The SMILES string of the molecule is Cc1nccn1CCCSc1nnc(CN2CCCC2)n1-c1ccccc1. The van der Waals surface area contributed by atoms with Gasteiger partial charge in [-0.25, -0.2) is 4.98 Å². The fraction of sp³-hybridized carbons (Fsp3) is 0.450. The van der Waals surface area contributed by atoms with E-state index >= 15 is 0 Å². The van der Waals surface area contributed by atoms with Crippen LogP contribution in [0, 0.1) is 6.92 Å². The van der Waals surface area contributed by atoms with E-state index < -0.39 is 0 Å². The third-order valence-electron chi connectivity index (χ3n) is 4.98. The lowest BCUT2D eigenvalue weighted by Crippen LogP contribution is -2.21. The lowest BCUT2D eigenvalue weighted by Gasteiger charge is -2.16. The van der Waals surface area contributed by atoms with E-state index in [-0.39, 0.29) is 0 Å². The van der Waals surface area contributed by atoms with Crippen LogP contribution in [0.4, 0.5) is 0 Å². The molecule has 4 rings (SSSR count). The van der Waals surface area contributed by atoms with Crippen LogP contribution in [0.1, 0.15) is 30.9 Å². The number of para-hydroxylation sites is 1. The molecule has 3 heterocycles. The number of benzene rings is 1. The summed E-state index contributed by atoms with van der Waals surface area (Å²) in [6, 6.07) is 10.5. The highest BCUT2D eigenvalue weighted by atomic mass is 32.2. The summed E-state index contributed by atoms with van der Waals surface area (Å²) in [6.07, 6.45) is 7.55. The van der Waals surface area contributed by atoms with Crippen molar-refractivity contribution in [1.82, 2.24) is 29.2 Å².